The molecule has 1 heterocycles. The highest BCUT2D eigenvalue weighted by atomic mass is 79.9. The summed E-state index contributed by atoms with van der Waals surface area (Å²) in [6.45, 7) is 5.93. The second-order valence-corrected chi connectivity index (χ2v) is 5.50. The van der Waals surface area contributed by atoms with Gasteiger partial charge in [-0.15, -0.1) is 0 Å². The first-order chi connectivity index (χ1) is 7.37. The highest BCUT2D eigenvalue weighted by molar-refractivity contribution is 9.10. The summed E-state index contributed by atoms with van der Waals surface area (Å²) in [5.74, 6) is 0.0461. The lowest BCUT2D eigenvalue weighted by Crippen LogP contribution is -2.24. The maximum absolute atomic E-state index is 11.6. The van der Waals surface area contributed by atoms with Gasteiger partial charge in [0.25, 0.3) is 0 Å². The van der Waals surface area contributed by atoms with Gasteiger partial charge in [0.1, 0.15) is 6.61 Å². The van der Waals surface area contributed by atoms with E-state index >= 15 is 0 Å². The Morgan fingerprint density at radius 1 is 1.44 bits per heavy atom. The van der Waals surface area contributed by atoms with E-state index in [9.17, 15) is 4.79 Å². The van der Waals surface area contributed by atoms with E-state index in [0.717, 1.165) is 10.2 Å². The van der Waals surface area contributed by atoms with Gasteiger partial charge in [0.2, 0.25) is 0 Å². The third-order valence-corrected chi connectivity index (χ3v) is 2.30. The number of Topliss-reactive ketones (excluding diaryl/α,β-unsaturated/α-hetero) is 1. The van der Waals surface area contributed by atoms with E-state index in [0.29, 0.717) is 6.42 Å². The highest BCUT2D eigenvalue weighted by Crippen LogP contribution is 2.09. The van der Waals surface area contributed by atoms with E-state index in [1.807, 2.05) is 32.9 Å². The Bertz CT molecular complexity index is 354. The number of hydrogen-bond acceptors (Lipinski definition) is 3. The molecular formula is C12H16BrNO2. The molecule has 0 aliphatic rings. The molecule has 0 N–H and O–H groups in total. The lowest BCUT2D eigenvalue weighted by Gasteiger charge is -2.18. The average molecular weight is 286 g/mol. The number of ether oxygens (including phenoxy) is 1. The molecular weight excluding hydrogens is 270 g/mol. The summed E-state index contributed by atoms with van der Waals surface area (Å²) in [6.07, 6.45) is 2.01. The fourth-order valence-electron chi connectivity index (χ4n) is 1.06. The Hall–Kier alpha value is -0.740. The molecule has 88 valence electrons. The van der Waals surface area contributed by atoms with Gasteiger partial charge in [-0.25, -0.2) is 0 Å². The van der Waals surface area contributed by atoms with Gasteiger partial charge in [0, 0.05) is 16.4 Å². The molecule has 0 aliphatic carbocycles. The van der Waals surface area contributed by atoms with Gasteiger partial charge >= 0.3 is 0 Å². The van der Waals surface area contributed by atoms with Crippen molar-refractivity contribution >= 4 is 21.7 Å². The molecule has 1 aromatic rings. The standard InChI is InChI=1S/C12H16BrNO2/c1-12(2,3)16-8-11(15)6-10-5-4-9(13)7-14-10/h4-5,7H,6,8H2,1-3H3. The van der Waals surface area contributed by atoms with Crippen molar-refractivity contribution in [3.05, 3.63) is 28.5 Å². The van der Waals surface area contributed by atoms with Crippen LogP contribution in [0.15, 0.2) is 22.8 Å². The Morgan fingerprint density at radius 3 is 2.62 bits per heavy atom. The van der Waals surface area contributed by atoms with Crippen molar-refractivity contribution in [2.75, 3.05) is 6.61 Å². The van der Waals surface area contributed by atoms with Gasteiger partial charge in [0.15, 0.2) is 5.78 Å². The smallest absolute Gasteiger partial charge is 0.164 e. The molecule has 0 spiro atoms. The normalized spacial score (nSPS) is 11.5. The van der Waals surface area contributed by atoms with Crippen LogP contribution < -0.4 is 0 Å². The molecule has 0 saturated carbocycles. The molecule has 0 radical (unpaired) electrons. The molecule has 0 amide bonds. The monoisotopic (exact) mass is 285 g/mol. The van der Waals surface area contributed by atoms with E-state index in [1.54, 1.807) is 6.20 Å². The predicted molar refractivity (Wildman–Crippen MR) is 66.4 cm³/mol. The van der Waals surface area contributed by atoms with E-state index < -0.39 is 0 Å². The summed E-state index contributed by atoms with van der Waals surface area (Å²) < 4.78 is 6.31. The van der Waals surface area contributed by atoms with Crippen molar-refractivity contribution in [1.29, 1.82) is 0 Å². The van der Waals surface area contributed by atoms with Crippen LogP contribution in [0, 0.1) is 0 Å². The summed E-state index contributed by atoms with van der Waals surface area (Å²) in [5.41, 5.74) is 0.494. The molecule has 3 nitrogen and oxygen atoms in total. The fourth-order valence-corrected chi connectivity index (χ4v) is 1.30. The van der Waals surface area contributed by atoms with E-state index in [-0.39, 0.29) is 18.0 Å². The zero-order valence-electron chi connectivity index (χ0n) is 9.79. The Balaban J connectivity index is 2.43. The number of nitrogens with zero attached hydrogens (tertiary/aromatic N) is 1. The van der Waals surface area contributed by atoms with Crippen molar-refractivity contribution in [1.82, 2.24) is 4.98 Å². The number of rotatable bonds is 4. The highest BCUT2D eigenvalue weighted by Gasteiger charge is 2.13. The molecule has 0 aromatic carbocycles. The molecule has 1 rings (SSSR count). The Labute approximate surface area is 104 Å². The summed E-state index contributed by atoms with van der Waals surface area (Å²) in [7, 11) is 0. The number of carbonyl (C=O) groups excluding carboxylic acids is 1. The predicted octanol–water partition coefficient (Wildman–Crippen LogP) is 2.77. The SMILES string of the molecule is CC(C)(C)OCC(=O)Cc1ccc(Br)cn1. The minimum atomic E-state index is -0.275. The van der Waals surface area contributed by atoms with E-state index in [2.05, 4.69) is 20.9 Å². The van der Waals surface area contributed by atoms with Crippen LogP contribution in [0.3, 0.4) is 0 Å². The van der Waals surface area contributed by atoms with Crippen molar-refractivity contribution in [3.8, 4) is 0 Å². The van der Waals surface area contributed by atoms with E-state index in [1.165, 1.54) is 0 Å². The molecule has 0 aliphatic heterocycles. The molecule has 0 atom stereocenters. The minimum absolute atomic E-state index is 0.0461. The number of hydrogen-bond donors (Lipinski definition) is 0. The van der Waals surface area contributed by atoms with Gasteiger partial charge in [-0.1, -0.05) is 0 Å². The number of aromatic nitrogens is 1. The Kier molecular flexibility index (Phi) is 4.62. The van der Waals surface area contributed by atoms with Gasteiger partial charge in [-0.05, 0) is 48.8 Å². The second kappa shape index (κ2) is 5.55. The topological polar surface area (TPSA) is 39.2 Å². The largest absolute Gasteiger partial charge is 0.368 e. The molecule has 16 heavy (non-hydrogen) atoms. The number of halogens is 1. The Morgan fingerprint density at radius 2 is 2.12 bits per heavy atom. The molecule has 0 unspecified atom stereocenters. The summed E-state index contributed by atoms with van der Waals surface area (Å²) in [6, 6.07) is 3.71. The molecule has 0 saturated heterocycles. The van der Waals surface area contributed by atoms with Crippen LogP contribution in [0.1, 0.15) is 26.5 Å². The van der Waals surface area contributed by atoms with Crippen molar-refractivity contribution in [2.45, 2.75) is 32.8 Å². The van der Waals surface area contributed by atoms with Crippen LogP contribution in [0.5, 0.6) is 0 Å². The summed E-state index contributed by atoms with van der Waals surface area (Å²) in [4.78, 5) is 15.7. The second-order valence-electron chi connectivity index (χ2n) is 4.58. The molecule has 4 heteroatoms. The lowest BCUT2D eigenvalue weighted by atomic mass is 10.2. The van der Waals surface area contributed by atoms with Crippen LogP contribution in [-0.4, -0.2) is 23.0 Å². The van der Waals surface area contributed by atoms with Gasteiger partial charge in [-0.3, -0.25) is 9.78 Å². The van der Waals surface area contributed by atoms with Gasteiger partial charge in [0.05, 0.1) is 12.0 Å². The number of pyridine rings is 1. The summed E-state index contributed by atoms with van der Waals surface area (Å²) >= 11 is 3.30. The van der Waals surface area contributed by atoms with Crippen LogP contribution >= 0.6 is 15.9 Å². The maximum Gasteiger partial charge on any atom is 0.164 e. The average Bonchev–Trinajstić information content (AvgIpc) is 2.18. The zero-order valence-corrected chi connectivity index (χ0v) is 11.4. The maximum atomic E-state index is 11.6. The number of carbonyl (C=O) groups is 1. The molecule has 0 bridgehead atoms. The summed E-state index contributed by atoms with van der Waals surface area (Å²) in [5, 5.41) is 0. The van der Waals surface area contributed by atoms with Crippen molar-refractivity contribution in [3.63, 3.8) is 0 Å². The first kappa shape index (κ1) is 13.3. The zero-order chi connectivity index (χ0) is 12.2. The minimum Gasteiger partial charge on any atom is -0.368 e. The van der Waals surface area contributed by atoms with Crippen LogP contribution in [0.2, 0.25) is 0 Å². The van der Waals surface area contributed by atoms with Crippen LogP contribution in [0.25, 0.3) is 0 Å². The van der Waals surface area contributed by atoms with Crippen LogP contribution in [0.4, 0.5) is 0 Å². The van der Waals surface area contributed by atoms with Gasteiger partial charge in [-0.2, -0.15) is 0 Å². The lowest BCUT2D eigenvalue weighted by molar-refractivity contribution is -0.127. The third-order valence-electron chi connectivity index (χ3n) is 1.83. The quantitative estimate of drug-likeness (QED) is 0.854. The fraction of sp³-hybridized carbons (Fsp3) is 0.500. The van der Waals surface area contributed by atoms with E-state index in [4.69, 9.17) is 4.74 Å². The third kappa shape index (κ3) is 5.37. The first-order valence-electron chi connectivity index (χ1n) is 5.13. The number of ketones is 1. The van der Waals surface area contributed by atoms with Crippen molar-refractivity contribution < 1.29 is 9.53 Å². The van der Waals surface area contributed by atoms with Gasteiger partial charge < -0.3 is 4.74 Å². The van der Waals surface area contributed by atoms with Crippen molar-refractivity contribution in [2.24, 2.45) is 0 Å². The molecule has 1 aromatic heterocycles. The van der Waals surface area contributed by atoms with Crippen LogP contribution in [-0.2, 0) is 16.0 Å². The molecule has 0 fully saturated rings. The first-order valence-corrected chi connectivity index (χ1v) is 5.92.